The number of phenols is 1. The SMILES string of the molecule is Oc1ccc(Nc2ncnc3sccc23)cc1CN1CCOCC1. The van der Waals surface area contributed by atoms with Crippen LogP contribution < -0.4 is 5.32 Å². The normalized spacial score (nSPS) is 15.7. The van der Waals surface area contributed by atoms with Crippen molar-refractivity contribution in [3.63, 3.8) is 0 Å². The Balaban J connectivity index is 1.57. The number of rotatable bonds is 4. The lowest BCUT2D eigenvalue weighted by Gasteiger charge is -2.27. The van der Waals surface area contributed by atoms with Crippen molar-refractivity contribution in [3.8, 4) is 5.75 Å². The molecule has 3 heterocycles. The lowest BCUT2D eigenvalue weighted by atomic mass is 10.1. The van der Waals surface area contributed by atoms with E-state index in [0.29, 0.717) is 12.3 Å². The summed E-state index contributed by atoms with van der Waals surface area (Å²) in [6, 6.07) is 7.57. The van der Waals surface area contributed by atoms with Crippen LogP contribution in [0.25, 0.3) is 10.2 Å². The standard InChI is InChI=1S/C17H18N4O2S/c22-15-2-1-13(9-12(15)10-21-4-6-23-7-5-21)20-16-14-3-8-24-17(14)19-11-18-16/h1-3,8-9,11,22H,4-7,10H2,(H,18,19,20). The summed E-state index contributed by atoms with van der Waals surface area (Å²) in [6.45, 7) is 3.98. The number of ether oxygens (including phenoxy) is 1. The second-order valence-corrected chi connectivity index (χ2v) is 6.61. The second kappa shape index (κ2) is 6.72. The van der Waals surface area contributed by atoms with Crippen molar-refractivity contribution in [3.05, 3.63) is 41.5 Å². The average molecular weight is 342 g/mol. The van der Waals surface area contributed by atoms with Gasteiger partial charge in [0.1, 0.15) is 22.7 Å². The average Bonchev–Trinajstić information content (AvgIpc) is 3.09. The molecule has 1 fully saturated rings. The van der Waals surface area contributed by atoms with Gasteiger partial charge in [0.2, 0.25) is 0 Å². The molecule has 2 N–H and O–H groups in total. The van der Waals surface area contributed by atoms with Gasteiger partial charge in [0, 0.05) is 30.9 Å². The minimum absolute atomic E-state index is 0.315. The Hall–Kier alpha value is -2.22. The second-order valence-electron chi connectivity index (χ2n) is 5.72. The Morgan fingerprint density at radius 2 is 2.08 bits per heavy atom. The van der Waals surface area contributed by atoms with E-state index < -0.39 is 0 Å². The number of thiophene rings is 1. The first kappa shape index (κ1) is 15.3. The summed E-state index contributed by atoms with van der Waals surface area (Å²) in [4.78, 5) is 11.8. The zero-order valence-electron chi connectivity index (χ0n) is 13.1. The van der Waals surface area contributed by atoms with Crippen LogP contribution in [0.3, 0.4) is 0 Å². The molecule has 1 aromatic carbocycles. The highest BCUT2D eigenvalue weighted by Crippen LogP contribution is 2.29. The lowest BCUT2D eigenvalue weighted by molar-refractivity contribution is 0.0339. The minimum atomic E-state index is 0.315. The first-order valence-electron chi connectivity index (χ1n) is 7.87. The van der Waals surface area contributed by atoms with Gasteiger partial charge in [-0.2, -0.15) is 0 Å². The molecule has 124 valence electrons. The molecule has 0 unspecified atom stereocenters. The molecular weight excluding hydrogens is 324 g/mol. The highest BCUT2D eigenvalue weighted by molar-refractivity contribution is 7.16. The molecule has 1 aliphatic heterocycles. The first-order chi connectivity index (χ1) is 11.8. The van der Waals surface area contributed by atoms with Crippen molar-refractivity contribution in [2.24, 2.45) is 0 Å². The highest BCUT2D eigenvalue weighted by atomic mass is 32.1. The molecule has 0 bridgehead atoms. The topological polar surface area (TPSA) is 70.5 Å². The van der Waals surface area contributed by atoms with E-state index in [0.717, 1.165) is 53.6 Å². The third-order valence-electron chi connectivity index (χ3n) is 4.10. The predicted molar refractivity (Wildman–Crippen MR) is 94.9 cm³/mol. The van der Waals surface area contributed by atoms with Gasteiger partial charge >= 0.3 is 0 Å². The van der Waals surface area contributed by atoms with Gasteiger partial charge in [0.15, 0.2) is 0 Å². The van der Waals surface area contributed by atoms with E-state index in [9.17, 15) is 5.11 Å². The Morgan fingerprint density at radius 3 is 2.96 bits per heavy atom. The maximum absolute atomic E-state index is 10.2. The number of nitrogens with zero attached hydrogens (tertiary/aromatic N) is 3. The number of benzene rings is 1. The van der Waals surface area contributed by atoms with E-state index in [2.05, 4.69) is 20.2 Å². The van der Waals surface area contributed by atoms with Crippen LogP contribution in [0.5, 0.6) is 5.75 Å². The number of hydrogen-bond acceptors (Lipinski definition) is 7. The summed E-state index contributed by atoms with van der Waals surface area (Å²) < 4.78 is 5.37. The fourth-order valence-electron chi connectivity index (χ4n) is 2.82. The number of fused-ring (bicyclic) bond motifs is 1. The highest BCUT2D eigenvalue weighted by Gasteiger charge is 2.14. The maximum atomic E-state index is 10.2. The molecule has 24 heavy (non-hydrogen) atoms. The number of hydrogen-bond donors (Lipinski definition) is 2. The molecule has 0 radical (unpaired) electrons. The van der Waals surface area contributed by atoms with Gasteiger partial charge in [-0.15, -0.1) is 11.3 Å². The minimum Gasteiger partial charge on any atom is -0.508 e. The molecule has 1 aliphatic rings. The van der Waals surface area contributed by atoms with Gasteiger partial charge in [-0.05, 0) is 29.6 Å². The molecular formula is C17H18N4O2S. The van der Waals surface area contributed by atoms with Crippen molar-refractivity contribution < 1.29 is 9.84 Å². The van der Waals surface area contributed by atoms with E-state index in [1.54, 1.807) is 23.7 Å². The van der Waals surface area contributed by atoms with Crippen molar-refractivity contribution in [1.82, 2.24) is 14.9 Å². The van der Waals surface area contributed by atoms with Crippen LogP contribution >= 0.6 is 11.3 Å². The van der Waals surface area contributed by atoms with E-state index in [1.807, 2.05) is 23.6 Å². The van der Waals surface area contributed by atoms with Gasteiger partial charge in [-0.25, -0.2) is 9.97 Å². The van der Waals surface area contributed by atoms with E-state index in [1.165, 1.54) is 0 Å². The van der Waals surface area contributed by atoms with Crippen molar-refractivity contribution in [2.75, 3.05) is 31.6 Å². The lowest BCUT2D eigenvalue weighted by Crippen LogP contribution is -2.35. The summed E-state index contributed by atoms with van der Waals surface area (Å²) >= 11 is 1.59. The summed E-state index contributed by atoms with van der Waals surface area (Å²) in [5.41, 5.74) is 1.81. The van der Waals surface area contributed by atoms with E-state index in [4.69, 9.17) is 4.74 Å². The Morgan fingerprint density at radius 1 is 1.21 bits per heavy atom. The van der Waals surface area contributed by atoms with E-state index in [-0.39, 0.29) is 0 Å². The van der Waals surface area contributed by atoms with Crippen LogP contribution in [0.4, 0.5) is 11.5 Å². The fourth-order valence-corrected chi connectivity index (χ4v) is 3.55. The summed E-state index contributed by atoms with van der Waals surface area (Å²) in [7, 11) is 0. The Bertz CT molecular complexity index is 845. The number of aromatic nitrogens is 2. The van der Waals surface area contributed by atoms with Crippen LogP contribution in [-0.4, -0.2) is 46.3 Å². The first-order valence-corrected chi connectivity index (χ1v) is 8.75. The number of phenolic OH excluding ortho intramolecular Hbond substituents is 1. The summed E-state index contributed by atoms with van der Waals surface area (Å²) in [6.07, 6.45) is 1.57. The number of nitrogens with one attached hydrogen (secondary N) is 1. The molecule has 0 atom stereocenters. The van der Waals surface area contributed by atoms with Gasteiger partial charge < -0.3 is 15.2 Å². The molecule has 2 aromatic heterocycles. The largest absolute Gasteiger partial charge is 0.508 e. The van der Waals surface area contributed by atoms with Crippen LogP contribution in [-0.2, 0) is 11.3 Å². The van der Waals surface area contributed by atoms with Gasteiger partial charge in [-0.1, -0.05) is 0 Å². The molecule has 3 aromatic rings. The molecule has 0 spiro atoms. The van der Waals surface area contributed by atoms with Crippen LogP contribution in [0.1, 0.15) is 5.56 Å². The fraction of sp³-hybridized carbons (Fsp3) is 0.294. The Labute approximate surface area is 143 Å². The predicted octanol–water partition coefficient (Wildman–Crippen LogP) is 2.97. The van der Waals surface area contributed by atoms with Gasteiger partial charge in [0.05, 0.1) is 18.6 Å². The van der Waals surface area contributed by atoms with Crippen molar-refractivity contribution in [1.29, 1.82) is 0 Å². The molecule has 1 saturated heterocycles. The zero-order valence-corrected chi connectivity index (χ0v) is 13.9. The van der Waals surface area contributed by atoms with Crippen molar-refractivity contribution in [2.45, 2.75) is 6.54 Å². The molecule has 0 aliphatic carbocycles. The molecule has 0 amide bonds. The third kappa shape index (κ3) is 3.19. The van der Waals surface area contributed by atoms with E-state index >= 15 is 0 Å². The van der Waals surface area contributed by atoms with Crippen LogP contribution in [0, 0.1) is 0 Å². The molecule has 6 nitrogen and oxygen atoms in total. The quantitative estimate of drug-likeness (QED) is 0.711. The molecule has 0 saturated carbocycles. The number of anilines is 2. The number of morpholine rings is 1. The van der Waals surface area contributed by atoms with Gasteiger partial charge in [-0.3, -0.25) is 4.90 Å². The number of aromatic hydroxyl groups is 1. The Kier molecular flexibility index (Phi) is 4.29. The summed E-state index contributed by atoms with van der Waals surface area (Å²) in [5, 5.41) is 16.5. The van der Waals surface area contributed by atoms with Crippen molar-refractivity contribution >= 4 is 33.1 Å². The van der Waals surface area contributed by atoms with Gasteiger partial charge in [0.25, 0.3) is 0 Å². The molecule has 7 heteroatoms. The summed E-state index contributed by atoms with van der Waals surface area (Å²) in [5.74, 6) is 1.10. The molecule has 4 rings (SSSR count). The van der Waals surface area contributed by atoms with Crippen LogP contribution in [0.2, 0.25) is 0 Å². The van der Waals surface area contributed by atoms with Crippen LogP contribution in [0.15, 0.2) is 36.0 Å². The smallest absolute Gasteiger partial charge is 0.142 e. The monoisotopic (exact) mass is 342 g/mol. The zero-order chi connectivity index (χ0) is 16.4. The maximum Gasteiger partial charge on any atom is 0.142 e. The third-order valence-corrected chi connectivity index (χ3v) is 4.92.